The lowest BCUT2D eigenvalue weighted by Gasteiger charge is -2.07. The fourth-order valence-corrected chi connectivity index (χ4v) is 3.60. The highest BCUT2D eigenvalue weighted by atomic mass is 79.9. The van der Waals surface area contributed by atoms with Gasteiger partial charge in [0.2, 0.25) is 0 Å². The van der Waals surface area contributed by atoms with Crippen LogP contribution in [0.2, 0.25) is 0 Å². The number of hydrogen-bond acceptors (Lipinski definition) is 4. The van der Waals surface area contributed by atoms with Crippen molar-refractivity contribution in [2.45, 2.75) is 18.9 Å². The largest absolute Gasteiger partial charge is 0.320 e. The van der Waals surface area contributed by atoms with Gasteiger partial charge in [-0.1, -0.05) is 28.1 Å². The van der Waals surface area contributed by atoms with E-state index in [4.69, 9.17) is 0 Å². The van der Waals surface area contributed by atoms with Crippen LogP contribution in [-0.2, 0) is 10.0 Å². The van der Waals surface area contributed by atoms with Crippen LogP contribution in [0.15, 0.2) is 58.0 Å². The fraction of sp³-hybridized carbons (Fsp3) is 0.111. The number of halogens is 1. The minimum absolute atomic E-state index is 0.0212. The van der Waals surface area contributed by atoms with Crippen molar-refractivity contribution in [3.8, 4) is 0 Å². The number of aryl methyl sites for hydroxylation is 2. The maximum absolute atomic E-state index is 12.5. The molecule has 0 saturated heterocycles. The molecule has 3 aromatic rings. The molecule has 0 radical (unpaired) electrons. The van der Waals surface area contributed by atoms with Crippen LogP contribution in [-0.4, -0.2) is 24.5 Å². The standard InChI is InChI=1S/C18H17BrN4O3S/c1-11-3-4-12(2)15(9-11)20-18(24)16-10-17(22-21-16)27(25,26)23-14-7-5-13(19)6-8-14/h3-10,23H,1-2H3,(H,20,24)(H,21,22). The first kappa shape index (κ1) is 19.1. The van der Waals surface area contributed by atoms with Crippen molar-refractivity contribution in [3.63, 3.8) is 0 Å². The summed E-state index contributed by atoms with van der Waals surface area (Å²) in [6, 6.07) is 13.5. The number of hydrogen-bond donors (Lipinski definition) is 3. The molecule has 0 aliphatic carbocycles. The number of carbonyl (C=O) groups excluding carboxylic acids is 1. The monoisotopic (exact) mass is 448 g/mol. The molecule has 0 atom stereocenters. The van der Waals surface area contributed by atoms with E-state index < -0.39 is 15.9 Å². The Morgan fingerprint density at radius 2 is 1.78 bits per heavy atom. The van der Waals surface area contributed by atoms with Gasteiger partial charge in [-0.2, -0.15) is 13.5 Å². The number of nitrogens with one attached hydrogen (secondary N) is 3. The molecule has 3 rings (SSSR count). The van der Waals surface area contributed by atoms with E-state index in [2.05, 4.69) is 36.2 Å². The Bertz CT molecular complexity index is 1090. The second-order valence-electron chi connectivity index (χ2n) is 6.00. The van der Waals surface area contributed by atoms with Gasteiger partial charge in [-0.05, 0) is 55.3 Å². The molecule has 0 aliphatic heterocycles. The topological polar surface area (TPSA) is 104 Å². The Morgan fingerprint density at radius 3 is 2.48 bits per heavy atom. The summed E-state index contributed by atoms with van der Waals surface area (Å²) in [4.78, 5) is 12.4. The smallest absolute Gasteiger partial charge is 0.278 e. The van der Waals surface area contributed by atoms with E-state index in [9.17, 15) is 13.2 Å². The van der Waals surface area contributed by atoms with Gasteiger partial charge in [-0.3, -0.25) is 14.6 Å². The van der Waals surface area contributed by atoms with Crippen LogP contribution in [0.5, 0.6) is 0 Å². The number of sulfonamides is 1. The zero-order chi connectivity index (χ0) is 19.6. The second kappa shape index (κ2) is 7.53. The number of rotatable bonds is 5. The summed E-state index contributed by atoms with van der Waals surface area (Å²) < 4.78 is 28.2. The summed E-state index contributed by atoms with van der Waals surface area (Å²) >= 11 is 3.29. The number of nitrogens with zero attached hydrogens (tertiary/aromatic N) is 1. The quantitative estimate of drug-likeness (QED) is 0.551. The van der Waals surface area contributed by atoms with Crippen molar-refractivity contribution in [1.29, 1.82) is 0 Å². The average molecular weight is 449 g/mol. The predicted octanol–water partition coefficient (Wildman–Crippen LogP) is 3.84. The highest BCUT2D eigenvalue weighted by Gasteiger charge is 2.20. The molecular weight excluding hydrogens is 432 g/mol. The van der Waals surface area contributed by atoms with E-state index in [0.717, 1.165) is 15.6 Å². The van der Waals surface area contributed by atoms with Crippen LogP contribution in [0.4, 0.5) is 11.4 Å². The molecule has 27 heavy (non-hydrogen) atoms. The molecule has 0 saturated carbocycles. The first-order valence-corrected chi connectivity index (χ1v) is 10.2. The Hall–Kier alpha value is -2.65. The third-order valence-electron chi connectivity index (χ3n) is 3.81. The molecule has 0 aliphatic rings. The molecule has 1 heterocycles. The van der Waals surface area contributed by atoms with Crippen molar-refractivity contribution in [1.82, 2.24) is 10.2 Å². The molecule has 0 bridgehead atoms. The van der Waals surface area contributed by atoms with Gasteiger partial charge in [0.1, 0.15) is 0 Å². The molecule has 0 unspecified atom stereocenters. The third kappa shape index (κ3) is 4.55. The van der Waals surface area contributed by atoms with E-state index in [-0.39, 0.29) is 10.7 Å². The summed E-state index contributed by atoms with van der Waals surface area (Å²) in [6.45, 7) is 3.79. The molecule has 3 N–H and O–H groups in total. The Balaban J connectivity index is 1.77. The fourth-order valence-electron chi connectivity index (χ4n) is 2.34. The van der Waals surface area contributed by atoms with E-state index in [1.165, 1.54) is 6.07 Å². The molecule has 7 nitrogen and oxygen atoms in total. The van der Waals surface area contributed by atoms with Gasteiger partial charge in [-0.25, -0.2) is 0 Å². The number of amides is 1. The van der Waals surface area contributed by atoms with Gasteiger partial charge >= 0.3 is 0 Å². The molecule has 0 spiro atoms. The summed E-state index contributed by atoms with van der Waals surface area (Å²) in [7, 11) is -3.89. The van der Waals surface area contributed by atoms with Crippen LogP contribution < -0.4 is 10.0 Å². The summed E-state index contributed by atoms with van der Waals surface area (Å²) in [5.41, 5.74) is 2.93. The van der Waals surface area contributed by atoms with Crippen molar-refractivity contribution in [2.75, 3.05) is 10.0 Å². The van der Waals surface area contributed by atoms with Crippen molar-refractivity contribution in [3.05, 3.63) is 69.8 Å². The van der Waals surface area contributed by atoms with Crippen molar-refractivity contribution >= 4 is 43.2 Å². The average Bonchev–Trinajstić information content (AvgIpc) is 3.11. The van der Waals surface area contributed by atoms with E-state index in [1.807, 2.05) is 32.0 Å². The SMILES string of the molecule is Cc1ccc(C)c(NC(=O)c2cc(S(=O)(=O)Nc3ccc(Br)cc3)[nH]n2)c1. The maximum Gasteiger partial charge on any atom is 0.278 e. The number of H-pyrrole nitrogens is 1. The highest BCUT2D eigenvalue weighted by Crippen LogP contribution is 2.20. The predicted molar refractivity (Wildman–Crippen MR) is 107 cm³/mol. The number of carbonyl (C=O) groups is 1. The molecule has 0 fully saturated rings. The Kier molecular flexibility index (Phi) is 5.33. The van der Waals surface area contributed by atoms with Crippen LogP contribution in [0.25, 0.3) is 0 Å². The molecule has 140 valence electrons. The summed E-state index contributed by atoms with van der Waals surface area (Å²) in [5, 5.41) is 8.77. The molecule has 9 heteroatoms. The van der Waals surface area contributed by atoms with Gasteiger partial charge in [0.15, 0.2) is 10.7 Å². The van der Waals surface area contributed by atoms with Gasteiger partial charge in [0, 0.05) is 21.9 Å². The molecule has 2 aromatic carbocycles. The number of benzene rings is 2. The molecule has 1 aromatic heterocycles. The first-order chi connectivity index (χ1) is 12.7. The van der Waals surface area contributed by atoms with Gasteiger partial charge in [0.25, 0.3) is 15.9 Å². The van der Waals surface area contributed by atoms with E-state index in [1.54, 1.807) is 24.3 Å². The second-order valence-corrected chi connectivity index (χ2v) is 8.57. The molecule has 1 amide bonds. The van der Waals surface area contributed by atoms with Crippen molar-refractivity contribution in [2.24, 2.45) is 0 Å². The Morgan fingerprint density at radius 1 is 1.07 bits per heavy atom. The van der Waals surface area contributed by atoms with Crippen LogP contribution in [0, 0.1) is 13.8 Å². The van der Waals surface area contributed by atoms with Gasteiger partial charge < -0.3 is 5.32 Å². The Labute approximate surface area is 165 Å². The zero-order valence-electron chi connectivity index (χ0n) is 14.6. The van der Waals surface area contributed by atoms with Crippen LogP contribution in [0.3, 0.4) is 0 Å². The summed E-state index contributed by atoms with van der Waals surface area (Å²) in [6.07, 6.45) is 0. The van der Waals surface area contributed by atoms with Gasteiger partial charge in [0.05, 0.1) is 0 Å². The first-order valence-electron chi connectivity index (χ1n) is 7.97. The minimum Gasteiger partial charge on any atom is -0.320 e. The third-order valence-corrected chi connectivity index (χ3v) is 5.64. The lowest BCUT2D eigenvalue weighted by atomic mass is 10.1. The number of anilines is 2. The normalized spacial score (nSPS) is 11.2. The zero-order valence-corrected chi connectivity index (χ0v) is 17.0. The van der Waals surface area contributed by atoms with Gasteiger partial charge in [-0.15, -0.1) is 0 Å². The highest BCUT2D eigenvalue weighted by molar-refractivity contribution is 9.10. The summed E-state index contributed by atoms with van der Waals surface area (Å²) in [5.74, 6) is -0.495. The van der Waals surface area contributed by atoms with Crippen LogP contribution in [0.1, 0.15) is 21.6 Å². The van der Waals surface area contributed by atoms with E-state index >= 15 is 0 Å². The molecular formula is C18H17BrN4O3S. The lowest BCUT2D eigenvalue weighted by molar-refractivity contribution is 0.102. The van der Waals surface area contributed by atoms with Crippen molar-refractivity contribution < 1.29 is 13.2 Å². The van der Waals surface area contributed by atoms with E-state index in [0.29, 0.717) is 11.4 Å². The minimum atomic E-state index is -3.89. The van der Waals surface area contributed by atoms with Crippen LogP contribution >= 0.6 is 15.9 Å². The number of aromatic nitrogens is 2. The maximum atomic E-state index is 12.5. The number of aromatic amines is 1. The lowest BCUT2D eigenvalue weighted by Crippen LogP contribution is -2.14.